The molecule has 0 aromatic heterocycles. The molecule has 0 aliphatic carbocycles. The van der Waals surface area contributed by atoms with Crippen LogP contribution in [-0.2, 0) is 29.4 Å². The van der Waals surface area contributed by atoms with Crippen LogP contribution < -0.4 is 9.08 Å². The number of benzene rings is 2. The van der Waals surface area contributed by atoms with Crippen LogP contribution in [-0.4, -0.2) is 27.6 Å². The summed E-state index contributed by atoms with van der Waals surface area (Å²) in [5.41, 5.74) is 0.145. The molecule has 9 heteroatoms. The van der Waals surface area contributed by atoms with Gasteiger partial charge in [0.2, 0.25) is 8.77 Å². The summed E-state index contributed by atoms with van der Waals surface area (Å²) in [6, 6.07) is 11.7. The monoisotopic (exact) mass is 521 g/mol. The standard InChI is InChI=1S/C26H35NO6S2/c1-17(2)21-15-12-19(16-22(21)33-35(30,34)20-13-10-18(3)11-14-20)27(23(28)31-25(4,5)6)24(29)32-26(7,8)9/h10-17H,1-9H3. The highest BCUT2D eigenvalue weighted by molar-refractivity contribution is 8.30. The zero-order valence-corrected chi connectivity index (χ0v) is 23.5. The molecule has 2 aromatic carbocycles. The van der Waals surface area contributed by atoms with Gasteiger partial charge in [0.25, 0.3) is 0 Å². The molecule has 7 nitrogen and oxygen atoms in total. The molecule has 192 valence electrons. The fourth-order valence-electron chi connectivity index (χ4n) is 2.98. The van der Waals surface area contributed by atoms with Crippen molar-refractivity contribution in [3.05, 3.63) is 53.6 Å². The average molecular weight is 522 g/mol. The number of aryl methyl sites for hydroxylation is 1. The Morgan fingerprint density at radius 1 is 0.886 bits per heavy atom. The quantitative estimate of drug-likeness (QED) is 0.423. The first kappa shape index (κ1) is 28.6. The van der Waals surface area contributed by atoms with Crippen molar-refractivity contribution < 1.29 is 27.5 Å². The van der Waals surface area contributed by atoms with Crippen molar-refractivity contribution in [1.29, 1.82) is 0 Å². The molecule has 1 unspecified atom stereocenters. The fourth-order valence-corrected chi connectivity index (χ4v) is 4.48. The fraction of sp³-hybridized carbons (Fsp3) is 0.462. The molecule has 0 spiro atoms. The molecule has 0 saturated heterocycles. The summed E-state index contributed by atoms with van der Waals surface area (Å²) in [6.45, 7) is 16.0. The number of carbonyl (C=O) groups excluding carboxylic acids is 2. The van der Waals surface area contributed by atoms with Gasteiger partial charge in [-0.25, -0.2) is 13.8 Å². The predicted molar refractivity (Wildman–Crippen MR) is 141 cm³/mol. The van der Waals surface area contributed by atoms with E-state index in [0.717, 1.165) is 10.5 Å². The third-order valence-electron chi connectivity index (χ3n) is 4.54. The smallest absolute Gasteiger partial charge is 0.424 e. The lowest BCUT2D eigenvalue weighted by molar-refractivity contribution is 0.0430. The second-order valence-electron chi connectivity index (χ2n) is 10.5. The van der Waals surface area contributed by atoms with E-state index in [1.165, 1.54) is 6.07 Å². The van der Waals surface area contributed by atoms with E-state index >= 15 is 0 Å². The van der Waals surface area contributed by atoms with E-state index in [1.54, 1.807) is 77.9 Å². The molecular formula is C26H35NO6S2. The molecule has 0 radical (unpaired) electrons. The van der Waals surface area contributed by atoms with Gasteiger partial charge in [-0.1, -0.05) is 37.6 Å². The Hall–Kier alpha value is -2.65. The van der Waals surface area contributed by atoms with Crippen molar-refractivity contribution in [2.45, 2.75) is 84.3 Å². The van der Waals surface area contributed by atoms with Crippen molar-refractivity contribution in [1.82, 2.24) is 0 Å². The summed E-state index contributed by atoms with van der Waals surface area (Å²) in [5, 5.41) is 0. The lowest BCUT2D eigenvalue weighted by atomic mass is 10.0. The molecule has 0 fully saturated rings. The number of carbonyl (C=O) groups is 2. The van der Waals surface area contributed by atoms with Gasteiger partial charge in [-0.3, -0.25) is 0 Å². The predicted octanol–water partition coefficient (Wildman–Crippen LogP) is 6.89. The second kappa shape index (κ2) is 10.5. The van der Waals surface area contributed by atoms with Crippen LogP contribution in [0.5, 0.6) is 5.75 Å². The van der Waals surface area contributed by atoms with Gasteiger partial charge in [0, 0.05) is 17.3 Å². The molecular weight excluding hydrogens is 486 g/mol. The molecule has 0 aliphatic heterocycles. The van der Waals surface area contributed by atoms with Gasteiger partial charge >= 0.3 is 12.2 Å². The largest absolute Gasteiger partial charge is 0.443 e. The van der Waals surface area contributed by atoms with Gasteiger partial charge in [0.05, 0.1) is 10.6 Å². The summed E-state index contributed by atoms with van der Waals surface area (Å²) >= 11 is 5.35. The van der Waals surface area contributed by atoms with Crippen LogP contribution in [0.3, 0.4) is 0 Å². The molecule has 0 saturated carbocycles. The number of amides is 2. The maximum Gasteiger partial charge on any atom is 0.424 e. The summed E-state index contributed by atoms with van der Waals surface area (Å²) in [4.78, 5) is 27.2. The molecule has 35 heavy (non-hydrogen) atoms. The highest BCUT2D eigenvalue weighted by atomic mass is 32.8. The Morgan fingerprint density at radius 2 is 1.37 bits per heavy atom. The summed E-state index contributed by atoms with van der Waals surface area (Å²) in [7, 11) is -3.34. The van der Waals surface area contributed by atoms with Crippen molar-refractivity contribution in [3.8, 4) is 5.75 Å². The first-order valence-corrected chi connectivity index (χ1v) is 13.7. The zero-order valence-electron chi connectivity index (χ0n) is 21.8. The number of nitrogens with zero attached hydrogens (tertiary/aromatic N) is 1. The number of imide groups is 1. The van der Waals surface area contributed by atoms with E-state index < -0.39 is 32.2 Å². The van der Waals surface area contributed by atoms with Crippen molar-refractivity contribution in [2.24, 2.45) is 0 Å². The van der Waals surface area contributed by atoms with Crippen LogP contribution in [0.2, 0.25) is 0 Å². The first-order chi connectivity index (χ1) is 15.9. The SMILES string of the molecule is Cc1ccc(S(=O)(=S)Oc2cc(N(C(=O)OC(C)(C)C)C(=O)OC(C)(C)C)ccc2C(C)C)cc1. The van der Waals surface area contributed by atoms with Crippen LogP contribution >= 0.6 is 0 Å². The number of hydrogen-bond donors (Lipinski definition) is 0. The third-order valence-corrected chi connectivity index (χ3v) is 6.57. The minimum absolute atomic E-state index is 0.0150. The Kier molecular flexibility index (Phi) is 8.61. The summed E-state index contributed by atoms with van der Waals surface area (Å²) < 4.78 is 30.2. The van der Waals surface area contributed by atoms with Crippen LogP contribution in [0.15, 0.2) is 47.4 Å². The highest BCUT2D eigenvalue weighted by Gasteiger charge is 2.33. The Labute approximate surface area is 213 Å². The van der Waals surface area contributed by atoms with Crippen LogP contribution in [0, 0.1) is 6.92 Å². The number of hydrogen-bond acceptors (Lipinski definition) is 7. The summed E-state index contributed by atoms with van der Waals surface area (Å²) in [6.07, 6.45) is -1.82. The molecule has 0 N–H and O–H groups in total. The molecule has 0 aliphatic rings. The van der Waals surface area contributed by atoms with E-state index in [1.807, 2.05) is 20.8 Å². The van der Waals surface area contributed by atoms with Crippen LogP contribution in [0.1, 0.15) is 72.4 Å². The number of ether oxygens (including phenoxy) is 2. The minimum atomic E-state index is -3.34. The van der Waals surface area contributed by atoms with Crippen LogP contribution in [0.25, 0.3) is 0 Å². The van der Waals surface area contributed by atoms with Crippen molar-refractivity contribution in [3.63, 3.8) is 0 Å². The molecule has 2 rings (SSSR count). The van der Waals surface area contributed by atoms with Crippen LogP contribution in [0.4, 0.5) is 15.3 Å². The van der Waals surface area contributed by atoms with Crippen molar-refractivity contribution >= 4 is 37.8 Å². The number of rotatable bonds is 5. The molecule has 2 aromatic rings. The van der Waals surface area contributed by atoms with Crippen molar-refractivity contribution in [2.75, 3.05) is 4.90 Å². The van der Waals surface area contributed by atoms with Gasteiger partial charge in [-0.2, -0.15) is 4.90 Å². The molecule has 0 heterocycles. The Bertz CT molecular complexity index is 1150. The van der Waals surface area contributed by atoms with Gasteiger partial charge in [-0.15, -0.1) is 0 Å². The maximum atomic E-state index is 13.4. The normalized spacial score (nSPS) is 13.7. The topological polar surface area (TPSA) is 82.1 Å². The lowest BCUT2D eigenvalue weighted by Gasteiger charge is -2.29. The van der Waals surface area contributed by atoms with E-state index in [9.17, 15) is 13.8 Å². The van der Waals surface area contributed by atoms with E-state index in [-0.39, 0.29) is 17.4 Å². The maximum absolute atomic E-state index is 13.4. The average Bonchev–Trinajstić information content (AvgIpc) is 2.65. The highest BCUT2D eigenvalue weighted by Crippen LogP contribution is 2.34. The summed E-state index contributed by atoms with van der Waals surface area (Å²) in [5.74, 6) is 0.189. The van der Waals surface area contributed by atoms with Gasteiger partial charge in [0.1, 0.15) is 17.0 Å². The molecule has 0 bridgehead atoms. The Morgan fingerprint density at radius 3 is 1.80 bits per heavy atom. The zero-order chi connectivity index (χ0) is 26.8. The first-order valence-electron chi connectivity index (χ1n) is 11.3. The second-order valence-corrected chi connectivity index (χ2v) is 13.4. The lowest BCUT2D eigenvalue weighted by Crippen LogP contribution is -2.43. The van der Waals surface area contributed by atoms with E-state index in [2.05, 4.69) is 0 Å². The minimum Gasteiger partial charge on any atom is -0.443 e. The number of anilines is 1. The van der Waals surface area contributed by atoms with Gasteiger partial charge in [-0.05, 0) is 78.1 Å². The molecule has 1 atom stereocenters. The van der Waals surface area contributed by atoms with Gasteiger partial charge < -0.3 is 13.7 Å². The molecule has 2 amide bonds. The van der Waals surface area contributed by atoms with E-state index in [4.69, 9.17) is 24.8 Å². The third kappa shape index (κ3) is 8.21. The van der Waals surface area contributed by atoms with Gasteiger partial charge in [0.15, 0.2) is 0 Å². The van der Waals surface area contributed by atoms with E-state index in [0.29, 0.717) is 10.5 Å². The Balaban J connectivity index is 2.59.